The molecule has 8 nitrogen and oxygen atoms in total. The number of aryl methyl sites for hydroxylation is 1. The summed E-state index contributed by atoms with van der Waals surface area (Å²) >= 11 is 0. The molecule has 1 saturated heterocycles. The summed E-state index contributed by atoms with van der Waals surface area (Å²) in [6.45, 7) is 5.15. The van der Waals surface area contributed by atoms with Gasteiger partial charge in [0, 0.05) is 18.2 Å². The lowest BCUT2D eigenvalue weighted by molar-refractivity contribution is -0.0594. The van der Waals surface area contributed by atoms with Gasteiger partial charge in [0.2, 0.25) is 0 Å². The first kappa shape index (κ1) is 22.3. The second kappa shape index (κ2) is 9.70. The molecule has 1 aliphatic heterocycles. The maximum absolute atomic E-state index is 12.5. The number of nitrogens with zero attached hydrogens (tertiary/aromatic N) is 1. The number of esters is 1. The van der Waals surface area contributed by atoms with Crippen LogP contribution in [-0.4, -0.2) is 34.3 Å². The van der Waals surface area contributed by atoms with Crippen LogP contribution in [0.3, 0.4) is 0 Å². The topological polar surface area (TPSA) is 99.6 Å². The Labute approximate surface area is 190 Å². The van der Waals surface area contributed by atoms with Crippen LogP contribution in [-0.2, 0) is 14.2 Å². The van der Waals surface area contributed by atoms with Crippen LogP contribution in [0.25, 0.3) is 11.1 Å². The Kier molecular flexibility index (Phi) is 6.55. The lowest BCUT2D eigenvalue weighted by Crippen LogP contribution is -2.36. The Morgan fingerprint density at radius 2 is 1.85 bits per heavy atom. The van der Waals surface area contributed by atoms with E-state index in [1.54, 1.807) is 19.1 Å². The molecule has 3 atom stereocenters. The van der Waals surface area contributed by atoms with Gasteiger partial charge in [0.05, 0.1) is 17.9 Å². The van der Waals surface area contributed by atoms with Gasteiger partial charge in [-0.2, -0.15) is 0 Å². The number of ether oxygens (including phenoxy) is 3. The zero-order chi connectivity index (χ0) is 23.4. The van der Waals surface area contributed by atoms with E-state index in [9.17, 15) is 14.4 Å². The molecule has 1 aromatic heterocycles. The van der Waals surface area contributed by atoms with E-state index in [1.165, 1.54) is 17.0 Å². The monoisotopic (exact) mass is 448 g/mol. The fourth-order valence-corrected chi connectivity index (χ4v) is 3.77. The van der Waals surface area contributed by atoms with Crippen molar-refractivity contribution in [3.05, 3.63) is 106 Å². The maximum Gasteiger partial charge on any atom is 0.338 e. The second-order valence-electron chi connectivity index (χ2n) is 7.75. The van der Waals surface area contributed by atoms with E-state index in [0.717, 1.165) is 11.1 Å². The molecule has 0 saturated carbocycles. The number of H-pyrrole nitrogens is 1. The van der Waals surface area contributed by atoms with E-state index in [-0.39, 0.29) is 6.61 Å². The van der Waals surface area contributed by atoms with Crippen LogP contribution in [0, 0.1) is 6.92 Å². The van der Waals surface area contributed by atoms with Crippen molar-refractivity contribution >= 4 is 5.97 Å². The summed E-state index contributed by atoms with van der Waals surface area (Å²) in [6.07, 6.45) is 1.26. The van der Waals surface area contributed by atoms with Crippen molar-refractivity contribution in [1.82, 2.24) is 9.55 Å². The molecule has 0 spiro atoms. The predicted octanol–water partition coefficient (Wildman–Crippen LogP) is 3.19. The van der Waals surface area contributed by atoms with Gasteiger partial charge in [-0.3, -0.25) is 14.3 Å². The van der Waals surface area contributed by atoms with E-state index < -0.39 is 35.7 Å². The first-order valence-electron chi connectivity index (χ1n) is 10.5. The third-order valence-corrected chi connectivity index (χ3v) is 5.46. The molecule has 0 aliphatic carbocycles. The highest BCUT2D eigenvalue weighted by Crippen LogP contribution is 2.31. The third kappa shape index (κ3) is 4.96. The molecule has 1 fully saturated rings. The largest absolute Gasteiger partial charge is 0.494 e. The molecule has 2 aromatic carbocycles. The summed E-state index contributed by atoms with van der Waals surface area (Å²) in [7, 11) is 0. The maximum atomic E-state index is 12.5. The lowest BCUT2D eigenvalue weighted by Gasteiger charge is -2.20. The summed E-state index contributed by atoms with van der Waals surface area (Å²) in [5, 5.41) is 0. The molecule has 1 unspecified atom stereocenters. The van der Waals surface area contributed by atoms with Crippen LogP contribution in [0.5, 0.6) is 0 Å². The fraction of sp³-hybridized carbons (Fsp3) is 0.240. The van der Waals surface area contributed by atoms with E-state index >= 15 is 0 Å². The van der Waals surface area contributed by atoms with Gasteiger partial charge in [-0.25, -0.2) is 9.59 Å². The van der Waals surface area contributed by atoms with Crippen molar-refractivity contribution < 1.29 is 19.0 Å². The van der Waals surface area contributed by atoms with Crippen LogP contribution in [0.2, 0.25) is 0 Å². The molecule has 0 radical (unpaired) electrons. The van der Waals surface area contributed by atoms with Crippen molar-refractivity contribution in [3.63, 3.8) is 0 Å². The van der Waals surface area contributed by atoms with Gasteiger partial charge in [-0.05, 0) is 30.2 Å². The summed E-state index contributed by atoms with van der Waals surface area (Å²) in [5.74, 6) is -0.472. The van der Waals surface area contributed by atoms with Gasteiger partial charge in [0.25, 0.3) is 5.56 Å². The van der Waals surface area contributed by atoms with Crippen LogP contribution in [0.1, 0.15) is 28.6 Å². The SMILES string of the molecule is C=COC1C[C@@H](COC(=O)c2ccc(-c3ccccc3)cc2)O[C@H]1n1cc(C)c(=O)[nH]c1=O. The van der Waals surface area contributed by atoms with Crippen molar-refractivity contribution in [1.29, 1.82) is 0 Å². The van der Waals surface area contributed by atoms with Crippen LogP contribution in [0.4, 0.5) is 0 Å². The molecule has 1 N–H and O–H groups in total. The van der Waals surface area contributed by atoms with Crippen molar-refractivity contribution in [2.24, 2.45) is 0 Å². The van der Waals surface area contributed by atoms with E-state index in [2.05, 4.69) is 11.6 Å². The first-order valence-corrected chi connectivity index (χ1v) is 10.5. The Hall–Kier alpha value is -3.91. The van der Waals surface area contributed by atoms with Crippen LogP contribution in [0.15, 0.2) is 83.2 Å². The smallest absolute Gasteiger partial charge is 0.338 e. The van der Waals surface area contributed by atoms with E-state index in [4.69, 9.17) is 14.2 Å². The number of benzene rings is 2. The number of nitrogens with one attached hydrogen (secondary N) is 1. The van der Waals surface area contributed by atoms with Crippen LogP contribution < -0.4 is 11.2 Å². The highest BCUT2D eigenvalue weighted by atomic mass is 16.6. The summed E-state index contributed by atoms with van der Waals surface area (Å²) < 4.78 is 18.2. The molecular formula is C25H24N2O6. The van der Waals surface area contributed by atoms with Crippen molar-refractivity contribution in [2.75, 3.05) is 6.61 Å². The summed E-state index contributed by atoms with van der Waals surface area (Å²) in [6, 6.07) is 17.0. The lowest BCUT2D eigenvalue weighted by atomic mass is 10.0. The minimum Gasteiger partial charge on any atom is -0.494 e. The van der Waals surface area contributed by atoms with Gasteiger partial charge in [0.1, 0.15) is 12.7 Å². The minimum absolute atomic E-state index is 0.0101. The third-order valence-electron chi connectivity index (χ3n) is 5.46. The number of carbonyl (C=O) groups is 1. The number of aromatic amines is 1. The second-order valence-corrected chi connectivity index (χ2v) is 7.75. The van der Waals surface area contributed by atoms with Gasteiger partial charge < -0.3 is 14.2 Å². The number of carbonyl (C=O) groups excluding carboxylic acids is 1. The molecule has 33 heavy (non-hydrogen) atoms. The zero-order valence-corrected chi connectivity index (χ0v) is 18.1. The molecule has 3 aromatic rings. The van der Waals surface area contributed by atoms with E-state index in [1.807, 2.05) is 42.5 Å². The Bertz CT molecular complexity index is 1250. The Balaban J connectivity index is 1.41. The summed E-state index contributed by atoms with van der Waals surface area (Å²) in [4.78, 5) is 38.7. The molecule has 0 amide bonds. The fourth-order valence-electron chi connectivity index (χ4n) is 3.77. The Morgan fingerprint density at radius 1 is 1.15 bits per heavy atom. The van der Waals surface area contributed by atoms with Gasteiger partial charge in [-0.1, -0.05) is 49.0 Å². The molecular weight excluding hydrogens is 424 g/mol. The van der Waals surface area contributed by atoms with Crippen molar-refractivity contribution in [3.8, 4) is 11.1 Å². The quantitative estimate of drug-likeness (QED) is 0.440. The molecule has 2 heterocycles. The molecule has 4 rings (SSSR count). The van der Waals surface area contributed by atoms with Crippen LogP contribution >= 0.6 is 0 Å². The van der Waals surface area contributed by atoms with E-state index in [0.29, 0.717) is 17.5 Å². The molecule has 170 valence electrons. The average Bonchev–Trinajstić information content (AvgIpc) is 3.23. The number of rotatable bonds is 7. The highest BCUT2D eigenvalue weighted by Gasteiger charge is 2.39. The van der Waals surface area contributed by atoms with Gasteiger partial charge in [0.15, 0.2) is 6.23 Å². The standard InChI is InChI=1S/C25H24N2O6/c1-3-31-21-13-20(33-23(21)27-14-16(2)22(28)26-25(27)30)15-32-24(29)19-11-9-18(10-12-19)17-7-5-4-6-8-17/h3-12,14,20-21,23H,1,13,15H2,2H3,(H,26,28,30)/t20-,21?,23+/m0/s1. The highest BCUT2D eigenvalue weighted by molar-refractivity contribution is 5.90. The Morgan fingerprint density at radius 3 is 2.55 bits per heavy atom. The number of hydrogen-bond donors (Lipinski definition) is 1. The summed E-state index contributed by atoms with van der Waals surface area (Å²) in [5.41, 5.74) is 1.78. The molecule has 8 heteroatoms. The van der Waals surface area contributed by atoms with Gasteiger partial charge >= 0.3 is 11.7 Å². The molecule has 1 aliphatic rings. The van der Waals surface area contributed by atoms with Gasteiger partial charge in [-0.15, -0.1) is 0 Å². The normalized spacial score (nSPS) is 19.7. The minimum atomic E-state index is -0.792. The predicted molar refractivity (Wildman–Crippen MR) is 122 cm³/mol. The average molecular weight is 448 g/mol. The molecule has 0 bridgehead atoms. The number of hydrogen-bond acceptors (Lipinski definition) is 6. The van der Waals surface area contributed by atoms with Crippen molar-refractivity contribution in [2.45, 2.75) is 31.8 Å². The first-order chi connectivity index (χ1) is 16.0. The zero-order valence-electron chi connectivity index (χ0n) is 18.1. The number of aromatic nitrogens is 2.